The molecule has 0 heterocycles. The molecular weight excluding hydrogens is 212 g/mol. The third-order valence-corrected chi connectivity index (χ3v) is 3.28. The first-order valence-corrected chi connectivity index (χ1v) is 7.17. The van der Waals surface area contributed by atoms with Gasteiger partial charge in [0.25, 0.3) is 0 Å². The second-order valence-electron chi connectivity index (χ2n) is 4.94. The van der Waals surface area contributed by atoms with Gasteiger partial charge in [-0.3, -0.25) is 4.79 Å². The van der Waals surface area contributed by atoms with E-state index in [1.54, 1.807) is 0 Å². The van der Waals surface area contributed by atoms with Gasteiger partial charge >= 0.3 is 0 Å². The quantitative estimate of drug-likeness (QED) is 0.507. The molecular formula is C14H26N2O. The Bertz CT molecular complexity index is 241. The molecule has 1 fully saturated rings. The highest BCUT2D eigenvalue weighted by Crippen LogP contribution is 2.13. The topological polar surface area (TPSA) is 41.5 Å². The van der Waals surface area contributed by atoms with Crippen LogP contribution >= 0.6 is 0 Å². The lowest BCUT2D eigenvalue weighted by Crippen LogP contribution is -2.18. The van der Waals surface area contributed by atoms with Crippen molar-refractivity contribution < 1.29 is 4.79 Å². The van der Waals surface area contributed by atoms with Crippen molar-refractivity contribution in [1.29, 1.82) is 0 Å². The van der Waals surface area contributed by atoms with Crippen molar-refractivity contribution in [2.75, 3.05) is 0 Å². The van der Waals surface area contributed by atoms with Crippen molar-refractivity contribution in [2.45, 2.75) is 77.6 Å². The molecule has 0 atom stereocenters. The van der Waals surface area contributed by atoms with Crippen LogP contribution < -0.4 is 5.43 Å². The van der Waals surface area contributed by atoms with Crippen molar-refractivity contribution in [1.82, 2.24) is 5.43 Å². The molecule has 0 radical (unpaired) electrons. The summed E-state index contributed by atoms with van der Waals surface area (Å²) >= 11 is 0. The summed E-state index contributed by atoms with van der Waals surface area (Å²) in [6, 6.07) is 0. The van der Waals surface area contributed by atoms with Gasteiger partial charge < -0.3 is 0 Å². The second-order valence-corrected chi connectivity index (χ2v) is 4.94. The van der Waals surface area contributed by atoms with Crippen LogP contribution in [-0.2, 0) is 4.79 Å². The fourth-order valence-corrected chi connectivity index (χ4v) is 2.16. The average molecular weight is 238 g/mol. The monoisotopic (exact) mass is 238 g/mol. The molecule has 0 aromatic rings. The molecule has 1 saturated carbocycles. The van der Waals surface area contributed by atoms with E-state index in [0.29, 0.717) is 6.42 Å². The number of nitrogens with one attached hydrogen (secondary N) is 1. The largest absolute Gasteiger partial charge is 0.273 e. The maximum atomic E-state index is 11.5. The Hall–Kier alpha value is -0.860. The van der Waals surface area contributed by atoms with E-state index in [9.17, 15) is 4.79 Å². The van der Waals surface area contributed by atoms with Crippen LogP contribution in [0, 0.1) is 0 Å². The number of hydrazone groups is 1. The summed E-state index contributed by atoms with van der Waals surface area (Å²) in [4.78, 5) is 11.5. The van der Waals surface area contributed by atoms with E-state index < -0.39 is 0 Å². The Kier molecular flexibility index (Phi) is 7.69. The number of rotatable bonds is 8. The summed E-state index contributed by atoms with van der Waals surface area (Å²) in [6.07, 6.45) is 12.5. The first-order chi connectivity index (χ1) is 8.33. The molecule has 0 aliphatic heterocycles. The van der Waals surface area contributed by atoms with Crippen molar-refractivity contribution in [3.63, 3.8) is 0 Å². The van der Waals surface area contributed by atoms with E-state index in [4.69, 9.17) is 0 Å². The summed E-state index contributed by atoms with van der Waals surface area (Å²) in [6.45, 7) is 2.22. The highest BCUT2D eigenvalue weighted by molar-refractivity contribution is 5.87. The number of hydrogen-bond acceptors (Lipinski definition) is 2. The number of nitrogens with zero attached hydrogens (tertiary/aromatic N) is 1. The van der Waals surface area contributed by atoms with Gasteiger partial charge in [-0.2, -0.15) is 5.10 Å². The highest BCUT2D eigenvalue weighted by Gasteiger charge is 2.08. The van der Waals surface area contributed by atoms with Crippen molar-refractivity contribution in [3.8, 4) is 0 Å². The lowest BCUT2D eigenvalue weighted by Gasteiger charge is -2.01. The average Bonchev–Trinajstić information content (AvgIpc) is 2.84. The molecule has 3 nitrogen and oxygen atoms in total. The zero-order chi connectivity index (χ0) is 12.3. The summed E-state index contributed by atoms with van der Waals surface area (Å²) in [5.74, 6) is 0.0832. The van der Waals surface area contributed by atoms with Crippen LogP contribution in [0.4, 0.5) is 0 Å². The normalized spacial score (nSPS) is 15.0. The van der Waals surface area contributed by atoms with E-state index >= 15 is 0 Å². The molecule has 3 heteroatoms. The maximum absolute atomic E-state index is 11.5. The minimum Gasteiger partial charge on any atom is -0.273 e. The zero-order valence-electron chi connectivity index (χ0n) is 11.1. The first kappa shape index (κ1) is 14.2. The Labute approximate surface area is 105 Å². The van der Waals surface area contributed by atoms with Crippen LogP contribution in [0.3, 0.4) is 0 Å². The molecule has 0 bridgehead atoms. The van der Waals surface area contributed by atoms with Gasteiger partial charge in [-0.05, 0) is 32.1 Å². The van der Waals surface area contributed by atoms with Gasteiger partial charge in [0.05, 0.1) is 0 Å². The fraction of sp³-hybridized carbons (Fsp3) is 0.857. The van der Waals surface area contributed by atoms with Gasteiger partial charge in [-0.15, -0.1) is 0 Å². The van der Waals surface area contributed by atoms with E-state index in [-0.39, 0.29) is 5.91 Å². The molecule has 0 unspecified atom stereocenters. The molecule has 0 aromatic carbocycles. The highest BCUT2D eigenvalue weighted by atomic mass is 16.2. The number of carbonyl (C=O) groups excluding carboxylic acids is 1. The van der Waals surface area contributed by atoms with Crippen LogP contribution in [0.15, 0.2) is 5.10 Å². The van der Waals surface area contributed by atoms with Crippen molar-refractivity contribution in [3.05, 3.63) is 0 Å². The third kappa shape index (κ3) is 7.14. The van der Waals surface area contributed by atoms with Crippen molar-refractivity contribution >= 4 is 11.6 Å². The molecule has 0 spiro atoms. The van der Waals surface area contributed by atoms with Crippen LogP contribution in [0.5, 0.6) is 0 Å². The molecule has 17 heavy (non-hydrogen) atoms. The lowest BCUT2D eigenvalue weighted by molar-refractivity contribution is -0.121. The number of unbranched alkanes of at least 4 members (excludes halogenated alkanes) is 5. The van der Waals surface area contributed by atoms with Crippen LogP contribution in [0.25, 0.3) is 0 Å². The van der Waals surface area contributed by atoms with Gasteiger partial charge in [0.15, 0.2) is 0 Å². The summed E-state index contributed by atoms with van der Waals surface area (Å²) in [7, 11) is 0. The number of carbonyl (C=O) groups is 1. The Morgan fingerprint density at radius 2 is 1.76 bits per heavy atom. The minimum atomic E-state index is 0.0832. The Morgan fingerprint density at radius 1 is 1.12 bits per heavy atom. The summed E-state index contributed by atoms with van der Waals surface area (Å²) < 4.78 is 0. The molecule has 0 saturated heterocycles. The van der Waals surface area contributed by atoms with Gasteiger partial charge in [-0.1, -0.05) is 39.0 Å². The zero-order valence-corrected chi connectivity index (χ0v) is 11.1. The van der Waals surface area contributed by atoms with Crippen LogP contribution in [-0.4, -0.2) is 11.6 Å². The predicted octanol–water partition coefficient (Wildman–Crippen LogP) is 3.78. The van der Waals surface area contributed by atoms with E-state index in [1.165, 1.54) is 50.7 Å². The molecule has 1 aliphatic rings. The third-order valence-electron chi connectivity index (χ3n) is 3.28. The van der Waals surface area contributed by atoms with E-state index in [0.717, 1.165) is 19.3 Å². The van der Waals surface area contributed by atoms with E-state index in [1.807, 2.05) is 0 Å². The van der Waals surface area contributed by atoms with Crippen LogP contribution in [0.2, 0.25) is 0 Å². The molecule has 1 amide bonds. The Morgan fingerprint density at radius 3 is 2.47 bits per heavy atom. The molecule has 1 N–H and O–H groups in total. The summed E-state index contributed by atoms with van der Waals surface area (Å²) in [5, 5.41) is 4.17. The maximum Gasteiger partial charge on any atom is 0.240 e. The number of amides is 1. The molecule has 98 valence electrons. The Balaban J connectivity index is 1.95. The van der Waals surface area contributed by atoms with Crippen molar-refractivity contribution in [2.24, 2.45) is 5.10 Å². The molecule has 1 aliphatic carbocycles. The van der Waals surface area contributed by atoms with Gasteiger partial charge in [0.1, 0.15) is 0 Å². The minimum absolute atomic E-state index is 0.0832. The SMILES string of the molecule is CCCCCCCCC(=O)NN=C1CCCC1. The molecule has 0 aromatic heterocycles. The van der Waals surface area contributed by atoms with E-state index in [2.05, 4.69) is 17.5 Å². The smallest absolute Gasteiger partial charge is 0.240 e. The number of hydrogen-bond donors (Lipinski definition) is 1. The fourth-order valence-electron chi connectivity index (χ4n) is 2.16. The first-order valence-electron chi connectivity index (χ1n) is 7.17. The van der Waals surface area contributed by atoms with Gasteiger partial charge in [0, 0.05) is 12.1 Å². The lowest BCUT2D eigenvalue weighted by atomic mass is 10.1. The molecule has 1 rings (SSSR count). The van der Waals surface area contributed by atoms with Gasteiger partial charge in [-0.25, -0.2) is 5.43 Å². The predicted molar refractivity (Wildman–Crippen MR) is 72.0 cm³/mol. The second kappa shape index (κ2) is 9.20. The van der Waals surface area contributed by atoms with Gasteiger partial charge in [0.2, 0.25) is 5.91 Å². The summed E-state index contributed by atoms with van der Waals surface area (Å²) in [5.41, 5.74) is 3.84. The standard InChI is InChI=1S/C14H26N2O/c1-2-3-4-5-6-7-12-14(17)16-15-13-10-8-9-11-13/h2-12H2,1H3,(H,16,17). The van der Waals surface area contributed by atoms with Crippen LogP contribution in [0.1, 0.15) is 77.6 Å².